The number of piperazine rings is 1. The van der Waals surface area contributed by atoms with Crippen LogP contribution in [-0.2, 0) is 13.1 Å². The number of aromatic nitrogens is 4. The average molecular weight is 449 g/mol. The minimum Gasteiger partial charge on any atom is -0.467 e. The van der Waals surface area contributed by atoms with Gasteiger partial charge in [-0.05, 0) is 45.8 Å². The molecular formula is C24H25ClN6O. The predicted molar refractivity (Wildman–Crippen MR) is 122 cm³/mol. The van der Waals surface area contributed by atoms with Crippen LogP contribution in [0.5, 0.6) is 0 Å². The number of benzene rings is 2. The largest absolute Gasteiger partial charge is 0.467 e. The van der Waals surface area contributed by atoms with Gasteiger partial charge < -0.3 is 4.42 Å². The highest BCUT2D eigenvalue weighted by atomic mass is 35.5. The summed E-state index contributed by atoms with van der Waals surface area (Å²) in [5.41, 5.74) is 2.47. The van der Waals surface area contributed by atoms with Crippen molar-refractivity contribution in [3.63, 3.8) is 0 Å². The third kappa shape index (κ3) is 4.75. The van der Waals surface area contributed by atoms with E-state index in [0.717, 1.165) is 54.9 Å². The zero-order valence-corrected chi connectivity index (χ0v) is 18.5. The Morgan fingerprint density at radius 1 is 0.875 bits per heavy atom. The molecule has 1 saturated heterocycles. The fourth-order valence-corrected chi connectivity index (χ4v) is 4.39. The number of nitrogens with zero attached hydrogens (tertiary/aromatic N) is 6. The van der Waals surface area contributed by atoms with Crippen LogP contribution in [0.4, 0.5) is 0 Å². The fraction of sp³-hybridized carbons (Fsp3) is 0.292. The second-order valence-electron chi connectivity index (χ2n) is 8.03. The quantitative estimate of drug-likeness (QED) is 0.427. The van der Waals surface area contributed by atoms with Gasteiger partial charge in [0.05, 0.1) is 12.3 Å². The van der Waals surface area contributed by atoms with Crippen molar-refractivity contribution < 1.29 is 4.42 Å². The summed E-state index contributed by atoms with van der Waals surface area (Å²) in [5.74, 6) is 1.63. The summed E-state index contributed by atoms with van der Waals surface area (Å²) in [6.07, 6.45) is 1.67. The van der Waals surface area contributed by atoms with Gasteiger partial charge in [-0.25, -0.2) is 4.68 Å². The third-order valence-electron chi connectivity index (χ3n) is 5.90. The van der Waals surface area contributed by atoms with Crippen LogP contribution in [0.2, 0.25) is 5.02 Å². The summed E-state index contributed by atoms with van der Waals surface area (Å²) >= 11 is 6.17. The van der Waals surface area contributed by atoms with Gasteiger partial charge in [0.25, 0.3) is 0 Å². The maximum absolute atomic E-state index is 6.17. The van der Waals surface area contributed by atoms with Gasteiger partial charge in [-0.1, -0.05) is 54.1 Å². The average Bonchev–Trinajstić information content (AvgIpc) is 3.50. The van der Waals surface area contributed by atoms with E-state index in [1.165, 1.54) is 5.56 Å². The molecule has 1 fully saturated rings. The summed E-state index contributed by atoms with van der Waals surface area (Å²) in [6.45, 7) is 5.28. The maximum atomic E-state index is 6.17. The number of halogens is 1. The van der Waals surface area contributed by atoms with Crippen molar-refractivity contribution in [3.8, 4) is 0 Å². The Balaban J connectivity index is 1.37. The highest BCUT2D eigenvalue weighted by Crippen LogP contribution is 2.29. The summed E-state index contributed by atoms with van der Waals surface area (Å²) in [4.78, 5) is 4.95. The minimum absolute atomic E-state index is 0.0592. The molecule has 0 radical (unpaired) electrons. The number of furan rings is 1. The highest BCUT2D eigenvalue weighted by molar-refractivity contribution is 6.30. The molecule has 8 heteroatoms. The van der Waals surface area contributed by atoms with Crippen LogP contribution in [0.3, 0.4) is 0 Å². The zero-order valence-electron chi connectivity index (χ0n) is 17.7. The van der Waals surface area contributed by atoms with Crippen LogP contribution < -0.4 is 0 Å². The van der Waals surface area contributed by atoms with Gasteiger partial charge in [0.1, 0.15) is 12.3 Å². The van der Waals surface area contributed by atoms with E-state index in [-0.39, 0.29) is 6.04 Å². The Morgan fingerprint density at radius 2 is 1.66 bits per heavy atom. The van der Waals surface area contributed by atoms with E-state index in [2.05, 4.69) is 67.8 Å². The topological polar surface area (TPSA) is 63.2 Å². The fourth-order valence-electron chi connectivity index (χ4n) is 4.26. The van der Waals surface area contributed by atoms with Crippen molar-refractivity contribution >= 4 is 11.6 Å². The molecule has 0 aliphatic carbocycles. The number of rotatable bonds is 7. The van der Waals surface area contributed by atoms with Gasteiger partial charge in [0.2, 0.25) is 0 Å². The molecule has 3 heterocycles. The standard InChI is InChI=1S/C24H25ClN6O/c25-21-10-8-20(9-11-21)23(24-26-27-28-31(24)18-22-7-4-16-32-22)30-14-12-29(13-15-30)17-19-5-2-1-3-6-19/h1-11,16,23H,12-15,17-18H2/t23-/m1/s1. The molecule has 2 aromatic carbocycles. The van der Waals surface area contributed by atoms with E-state index in [9.17, 15) is 0 Å². The SMILES string of the molecule is Clc1ccc([C@H](c2nnnn2Cc2ccco2)N2CCN(Cc3ccccc3)CC2)cc1. The molecule has 7 nitrogen and oxygen atoms in total. The second kappa shape index (κ2) is 9.65. The summed E-state index contributed by atoms with van der Waals surface area (Å²) < 4.78 is 7.35. The first kappa shape index (κ1) is 20.9. The van der Waals surface area contributed by atoms with Crippen molar-refractivity contribution in [2.45, 2.75) is 19.1 Å². The van der Waals surface area contributed by atoms with Gasteiger partial charge in [-0.15, -0.1) is 5.10 Å². The molecule has 0 saturated carbocycles. The molecule has 1 aliphatic rings. The van der Waals surface area contributed by atoms with E-state index in [4.69, 9.17) is 16.0 Å². The van der Waals surface area contributed by atoms with Crippen LogP contribution in [0, 0.1) is 0 Å². The Bertz CT molecular complexity index is 1110. The third-order valence-corrected chi connectivity index (χ3v) is 6.15. The lowest BCUT2D eigenvalue weighted by atomic mass is 10.0. The van der Waals surface area contributed by atoms with E-state index in [1.807, 2.05) is 28.9 Å². The molecule has 0 unspecified atom stereocenters. The molecule has 164 valence electrons. The van der Waals surface area contributed by atoms with E-state index in [1.54, 1.807) is 6.26 Å². The Morgan fingerprint density at radius 3 is 2.38 bits per heavy atom. The molecule has 2 aromatic heterocycles. The highest BCUT2D eigenvalue weighted by Gasteiger charge is 2.30. The monoisotopic (exact) mass is 448 g/mol. The van der Waals surface area contributed by atoms with E-state index >= 15 is 0 Å². The van der Waals surface area contributed by atoms with Gasteiger partial charge in [-0.3, -0.25) is 9.80 Å². The van der Waals surface area contributed by atoms with Gasteiger partial charge in [-0.2, -0.15) is 0 Å². The summed E-state index contributed by atoms with van der Waals surface area (Å²) in [5, 5.41) is 13.4. The second-order valence-corrected chi connectivity index (χ2v) is 8.46. The van der Waals surface area contributed by atoms with Gasteiger partial charge in [0, 0.05) is 37.7 Å². The lowest BCUT2D eigenvalue weighted by Crippen LogP contribution is -2.48. The lowest BCUT2D eigenvalue weighted by molar-refractivity contribution is 0.100. The first-order valence-electron chi connectivity index (χ1n) is 10.8. The number of tetrazole rings is 1. The molecule has 4 aromatic rings. The van der Waals surface area contributed by atoms with E-state index in [0.29, 0.717) is 6.54 Å². The lowest BCUT2D eigenvalue weighted by Gasteiger charge is -2.39. The minimum atomic E-state index is -0.0592. The predicted octanol–water partition coefficient (Wildman–Crippen LogP) is 3.88. The summed E-state index contributed by atoms with van der Waals surface area (Å²) in [7, 11) is 0. The van der Waals surface area contributed by atoms with Crippen molar-refractivity contribution in [1.29, 1.82) is 0 Å². The molecule has 1 atom stereocenters. The molecule has 1 aliphatic heterocycles. The van der Waals surface area contributed by atoms with Crippen molar-refractivity contribution in [2.24, 2.45) is 0 Å². The Kier molecular flexibility index (Phi) is 6.29. The molecule has 0 spiro atoms. The van der Waals surface area contributed by atoms with Crippen LogP contribution in [-0.4, -0.2) is 56.2 Å². The van der Waals surface area contributed by atoms with Crippen LogP contribution in [0.1, 0.15) is 28.8 Å². The van der Waals surface area contributed by atoms with Gasteiger partial charge in [0.15, 0.2) is 5.82 Å². The Labute approximate surface area is 192 Å². The first-order valence-corrected chi connectivity index (χ1v) is 11.2. The van der Waals surface area contributed by atoms with Crippen molar-refractivity contribution in [2.75, 3.05) is 26.2 Å². The molecule has 32 heavy (non-hydrogen) atoms. The van der Waals surface area contributed by atoms with Crippen LogP contribution in [0.25, 0.3) is 0 Å². The summed E-state index contributed by atoms with van der Waals surface area (Å²) in [6, 6.07) is 22.4. The van der Waals surface area contributed by atoms with Gasteiger partial charge >= 0.3 is 0 Å². The van der Waals surface area contributed by atoms with Crippen molar-refractivity contribution in [1.82, 2.24) is 30.0 Å². The van der Waals surface area contributed by atoms with Crippen molar-refractivity contribution in [3.05, 3.63) is 101 Å². The van der Waals surface area contributed by atoms with Crippen LogP contribution in [0.15, 0.2) is 77.4 Å². The molecule has 0 amide bonds. The molecule has 5 rings (SSSR count). The Hall–Kier alpha value is -3.00. The zero-order chi connectivity index (χ0) is 21.8. The normalized spacial score (nSPS) is 16.3. The molecular weight excluding hydrogens is 424 g/mol. The van der Waals surface area contributed by atoms with E-state index < -0.39 is 0 Å². The number of hydrogen-bond acceptors (Lipinski definition) is 6. The molecule has 0 bridgehead atoms. The number of hydrogen-bond donors (Lipinski definition) is 0. The molecule has 0 N–H and O–H groups in total. The smallest absolute Gasteiger partial charge is 0.173 e. The van der Waals surface area contributed by atoms with Crippen LogP contribution >= 0.6 is 11.6 Å². The maximum Gasteiger partial charge on any atom is 0.173 e. The first-order chi connectivity index (χ1) is 15.8.